The molecule has 6 nitrogen and oxygen atoms in total. The Balaban J connectivity index is 1.73. The third kappa shape index (κ3) is 7.04. The second kappa shape index (κ2) is 10.2. The van der Waals surface area contributed by atoms with Gasteiger partial charge < -0.3 is 20.3 Å². The number of carbonyl (C=O) groups excluding carboxylic acids is 1. The fourth-order valence-electron chi connectivity index (χ4n) is 2.40. The second-order valence-corrected chi connectivity index (χ2v) is 7.18. The Morgan fingerprint density at radius 3 is 2.58 bits per heavy atom. The van der Waals surface area contributed by atoms with E-state index in [0.717, 1.165) is 42.9 Å². The summed E-state index contributed by atoms with van der Waals surface area (Å²) in [6, 6.07) is 7.87. The zero-order valence-electron chi connectivity index (χ0n) is 16.4. The zero-order chi connectivity index (χ0) is 18.9. The number of carbonyl (C=O) groups is 1. The number of rotatable bonds is 9. The van der Waals surface area contributed by atoms with Gasteiger partial charge in [0.1, 0.15) is 0 Å². The highest BCUT2D eigenvalue weighted by Crippen LogP contribution is 2.28. The minimum Gasteiger partial charge on any atom is -0.379 e. The van der Waals surface area contributed by atoms with Crippen molar-refractivity contribution in [2.75, 3.05) is 39.2 Å². The van der Waals surface area contributed by atoms with Crippen molar-refractivity contribution < 1.29 is 9.53 Å². The highest BCUT2D eigenvalue weighted by molar-refractivity contribution is 5.92. The van der Waals surface area contributed by atoms with Crippen molar-refractivity contribution in [1.29, 1.82) is 0 Å². The number of likely N-dealkylation sites (N-methyl/N-ethyl adjacent to an activating group) is 1. The predicted octanol–water partition coefficient (Wildman–Crippen LogP) is 2.71. The quantitative estimate of drug-likeness (QED) is 0.404. The Hall–Kier alpha value is -2.08. The van der Waals surface area contributed by atoms with Crippen LogP contribution in [0.2, 0.25) is 0 Å². The van der Waals surface area contributed by atoms with Gasteiger partial charge in [-0.05, 0) is 36.5 Å². The van der Waals surface area contributed by atoms with Crippen molar-refractivity contribution in [3.05, 3.63) is 29.8 Å². The lowest BCUT2D eigenvalue weighted by Gasteiger charge is -2.22. The summed E-state index contributed by atoms with van der Waals surface area (Å²) in [5.41, 5.74) is 1.95. The smallest absolute Gasteiger partial charge is 0.226 e. The van der Waals surface area contributed by atoms with Crippen LogP contribution in [-0.2, 0) is 16.1 Å². The van der Waals surface area contributed by atoms with E-state index in [1.165, 1.54) is 12.8 Å². The number of anilines is 1. The van der Waals surface area contributed by atoms with Crippen molar-refractivity contribution in [2.24, 2.45) is 16.8 Å². The molecule has 0 atom stereocenters. The molecule has 1 aliphatic rings. The van der Waals surface area contributed by atoms with Crippen molar-refractivity contribution >= 4 is 17.6 Å². The van der Waals surface area contributed by atoms with Crippen LogP contribution in [0.15, 0.2) is 29.3 Å². The molecule has 6 heteroatoms. The number of hydrogen-bond donors (Lipinski definition) is 2. The van der Waals surface area contributed by atoms with Crippen LogP contribution in [-0.4, -0.2) is 50.6 Å². The van der Waals surface area contributed by atoms with Crippen LogP contribution in [0.5, 0.6) is 0 Å². The minimum atomic E-state index is -0.0246. The molecule has 0 saturated heterocycles. The van der Waals surface area contributed by atoms with Crippen molar-refractivity contribution in [1.82, 2.24) is 10.2 Å². The van der Waals surface area contributed by atoms with Gasteiger partial charge in [0.2, 0.25) is 5.91 Å². The maximum absolute atomic E-state index is 11.7. The first kappa shape index (κ1) is 20.2. The topological polar surface area (TPSA) is 66.0 Å². The Labute approximate surface area is 157 Å². The molecule has 144 valence electrons. The molecule has 0 spiro atoms. The van der Waals surface area contributed by atoms with Crippen LogP contribution in [0.25, 0.3) is 0 Å². The van der Waals surface area contributed by atoms with Crippen LogP contribution in [0.4, 0.5) is 5.69 Å². The van der Waals surface area contributed by atoms with E-state index in [2.05, 4.69) is 20.5 Å². The van der Waals surface area contributed by atoms with Gasteiger partial charge in [-0.3, -0.25) is 9.79 Å². The average Bonchev–Trinajstić information content (AvgIpc) is 3.45. The lowest BCUT2D eigenvalue weighted by molar-refractivity contribution is -0.118. The van der Waals surface area contributed by atoms with Crippen LogP contribution in [0.1, 0.15) is 32.3 Å². The summed E-state index contributed by atoms with van der Waals surface area (Å²) in [6.07, 6.45) is 2.64. The molecule has 1 aromatic carbocycles. The van der Waals surface area contributed by atoms with Crippen LogP contribution >= 0.6 is 0 Å². The van der Waals surface area contributed by atoms with Gasteiger partial charge in [-0.1, -0.05) is 26.0 Å². The summed E-state index contributed by atoms with van der Waals surface area (Å²) >= 11 is 0. The first-order valence-corrected chi connectivity index (χ1v) is 9.39. The average molecular weight is 361 g/mol. The molecule has 26 heavy (non-hydrogen) atoms. The first-order valence-electron chi connectivity index (χ1n) is 9.39. The number of guanidine groups is 1. The Bertz CT molecular complexity index is 594. The monoisotopic (exact) mass is 360 g/mol. The summed E-state index contributed by atoms with van der Waals surface area (Å²) in [7, 11) is 3.80. The number of amides is 1. The lowest BCUT2D eigenvalue weighted by Crippen LogP contribution is -2.40. The Morgan fingerprint density at radius 2 is 2.00 bits per heavy atom. The number of ether oxygens (including phenoxy) is 1. The second-order valence-electron chi connectivity index (χ2n) is 7.18. The van der Waals surface area contributed by atoms with E-state index in [9.17, 15) is 4.79 Å². The largest absolute Gasteiger partial charge is 0.379 e. The normalized spacial score (nSPS) is 14.4. The zero-order valence-corrected chi connectivity index (χ0v) is 16.4. The third-order valence-electron chi connectivity index (χ3n) is 4.39. The van der Waals surface area contributed by atoms with Crippen LogP contribution in [0, 0.1) is 11.8 Å². The van der Waals surface area contributed by atoms with E-state index < -0.39 is 0 Å². The molecule has 0 aliphatic heterocycles. The maximum Gasteiger partial charge on any atom is 0.226 e. The fraction of sp³-hybridized carbons (Fsp3) is 0.600. The van der Waals surface area contributed by atoms with E-state index in [1.807, 2.05) is 45.2 Å². The van der Waals surface area contributed by atoms with Crippen LogP contribution < -0.4 is 10.6 Å². The summed E-state index contributed by atoms with van der Waals surface area (Å²) in [6.45, 7) is 6.86. The Morgan fingerprint density at radius 1 is 1.31 bits per heavy atom. The van der Waals surface area contributed by atoms with Gasteiger partial charge in [0.25, 0.3) is 0 Å². The molecule has 2 rings (SSSR count). The molecule has 0 bridgehead atoms. The molecule has 1 saturated carbocycles. The molecule has 0 unspecified atom stereocenters. The van der Waals surface area contributed by atoms with E-state index in [4.69, 9.17) is 4.74 Å². The number of aliphatic imine (C=N–C) groups is 1. The van der Waals surface area contributed by atoms with Gasteiger partial charge in [0.05, 0.1) is 6.61 Å². The minimum absolute atomic E-state index is 0.0246. The van der Waals surface area contributed by atoms with Gasteiger partial charge in [0.15, 0.2) is 5.96 Å². The third-order valence-corrected chi connectivity index (χ3v) is 4.39. The highest BCUT2D eigenvalue weighted by Gasteiger charge is 2.21. The van der Waals surface area contributed by atoms with Gasteiger partial charge >= 0.3 is 0 Å². The molecular weight excluding hydrogens is 328 g/mol. The number of benzene rings is 1. The summed E-state index contributed by atoms with van der Waals surface area (Å²) in [5, 5.41) is 6.26. The number of nitrogens with zero attached hydrogens (tertiary/aromatic N) is 2. The molecular formula is C20H32N4O2. The fourth-order valence-corrected chi connectivity index (χ4v) is 2.40. The van der Waals surface area contributed by atoms with E-state index in [0.29, 0.717) is 6.54 Å². The van der Waals surface area contributed by atoms with Crippen molar-refractivity contribution in [3.63, 3.8) is 0 Å². The number of nitrogens with one attached hydrogen (secondary N) is 2. The molecule has 0 aromatic heterocycles. The molecule has 1 fully saturated rings. The molecule has 1 aromatic rings. The van der Waals surface area contributed by atoms with Crippen LogP contribution in [0.3, 0.4) is 0 Å². The maximum atomic E-state index is 11.7. The summed E-state index contributed by atoms with van der Waals surface area (Å²) in [5.74, 6) is 1.65. The SMILES string of the molecule is CN=C(NCc1ccc(NC(=O)C(C)C)cc1)N(C)CCOCC1CC1. The predicted molar refractivity (Wildman–Crippen MR) is 106 cm³/mol. The van der Waals surface area contributed by atoms with E-state index in [-0.39, 0.29) is 11.8 Å². The lowest BCUT2D eigenvalue weighted by atomic mass is 10.1. The van der Waals surface area contributed by atoms with Crippen molar-refractivity contribution in [3.8, 4) is 0 Å². The summed E-state index contributed by atoms with van der Waals surface area (Å²) in [4.78, 5) is 18.1. The highest BCUT2D eigenvalue weighted by atomic mass is 16.5. The first-order chi connectivity index (χ1) is 12.5. The van der Waals surface area contributed by atoms with E-state index >= 15 is 0 Å². The van der Waals surface area contributed by atoms with Gasteiger partial charge in [-0.15, -0.1) is 0 Å². The van der Waals surface area contributed by atoms with E-state index in [1.54, 1.807) is 7.05 Å². The molecule has 0 radical (unpaired) electrons. The number of hydrogen-bond acceptors (Lipinski definition) is 3. The van der Waals surface area contributed by atoms with Crippen molar-refractivity contribution in [2.45, 2.75) is 33.2 Å². The van der Waals surface area contributed by atoms with Gasteiger partial charge in [-0.25, -0.2) is 0 Å². The van der Waals surface area contributed by atoms with Gasteiger partial charge in [0, 0.05) is 45.4 Å². The molecule has 0 heterocycles. The molecule has 1 amide bonds. The molecule has 2 N–H and O–H groups in total. The standard InChI is InChI=1S/C20H32N4O2/c1-15(2)19(25)23-18-9-7-16(8-10-18)13-22-20(21-3)24(4)11-12-26-14-17-5-6-17/h7-10,15,17H,5-6,11-14H2,1-4H3,(H,21,22)(H,23,25). The summed E-state index contributed by atoms with van der Waals surface area (Å²) < 4.78 is 5.69. The molecule has 1 aliphatic carbocycles. The van der Waals surface area contributed by atoms with Gasteiger partial charge in [-0.2, -0.15) is 0 Å². The Kier molecular flexibility index (Phi) is 7.91.